The number of nitrogens with zero attached hydrogens (tertiary/aromatic N) is 3. The van der Waals surface area contributed by atoms with Crippen LogP contribution < -0.4 is 5.73 Å². The first-order valence-electron chi connectivity index (χ1n) is 6.00. The van der Waals surface area contributed by atoms with Crippen molar-refractivity contribution in [3.63, 3.8) is 0 Å². The fourth-order valence-corrected chi connectivity index (χ4v) is 1.98. The van der Waals surface area contributed by atoms with Crippen LogP contribution in [0.4, 0.5) is 5.69 Å². The first kappa shape index (κ1) is 13.2. The summed E-state index contributed by atoms with van der Waals surface area (Å²) in [6.07, 6.45) is 0. The van der Waals surface area contributed by atoms with E-state index in [1.165, 1.54) is 4.68 Å². The lowest BCUT2D eigenvalue weighted by Crippen LogP contribution is -2.28. The summed E-state index contributed by atoms with van der Waals surface area (Å²) in [4.78, 5) is 13.9. The summed E-state index contributed by atoms with van der Waals surface area (Å²) < 4.78 is 6.97. The van der Waals surface area contributed by atoms with Crippen LogP contribution in [0.1, 0.15) is 27.7 Å². The Balaban J connectivity index is 2.19. The molecule has 1 amide bonds. The number of aryl methyl sites for hydroxylation is 3. The second-order valence-electron chi connectivity index (χ2n) is 4.64. The number of carbonyl (C=O) groups excluding carboxylic acids is 1. The second kappa shape index (κ2) is 4.79. The largest absolute Gasteiger partial charge is 0.464 e. The van der Waals surface area contributed by atoms with Crippen LogP contribution >= 0.6 is 0 Å². The number of carbonyl (C=O) groups is 1. The SMILES string of the molecule is Cc1ccc(CN(C)C(=O)c2c(N)c(C)nn2C)o1. The minimum Gasteiger partial charge on any atom is -0.464 e. The van der Waals surface area contributed by atoms with E-state index in [-0.39, 0.29) is 5.91 Å². The van der Waals surface area contributed by atoms with Gasteiger partial charge in [-0.05, 0) is 26.0 Å². The Kier molecular flexibility index (Phi) is 3.33. The van der Waals surface area contributed by atoms with Crippen LogP contribution in [0.5, 0.6) is 0 Å². The highest BCUT2D eigenvalue weighted by Gasteiger charge is 2.21. The molecular weight excluding hydrogens is 244 g/mol. The third kappa shape index (κ3) is 2.47. The van der Waals surface area contributed by atoms with E-state index in [0.717, 1.165) is 11.5 Å². The molecule has 6 heteroatoms. The molecular formula is C13H18N4O2. The molecule has 0 aliphatic heterocycles. The number of nitrogen functional groups attached to an aromatic ring is 1. The average Bonchev–Trinajstić information content (AvgIpc) is 2.84. The third-order valence-electron chi connectivity index (χ3n) is 3.01. The molecule has 2 heterocycles. The number of rotatable bonds is 3. The molecule has 0 atom stereocenters. The van der Waals surface area contributed by atoms with Crippen molar-refractivity contribution in [2.75, 3.05) is 12.8 Å². The van der Waals surface area contributed by atoms with Gasteiger partial charge in [0.25, 0.3) is 5.91 Å². The predicted molar refractivity (Wildman–Crippen MR) is 71.6 cm³/mol. The monoisotopic (exact) mass is 262 g/mol. The fourth-order valence-electron chi connectivity index (χ4n) is 1.98. The van der Waals surface area contributed by atoms with Gasteiger partial charge in [0, 0.05) is 14.1 Å². The van der Waals surface area contributed by atoms with Gasteiger partial charge in [0.05, 0.1) is 17.9 Å². The molecule has 0 fully saturated rings. The smallest absolute Gasteiger partial charge is 0.274 e. The van der Waals surface area contributed by atoms with Crippen molar-refractivity contribution in [3.8, 4) is 0 Å². The summed E-state index contributed by atoms with van der Waals surface area (Å²) in [5.74, 6) is 1.40. The predicted octanol–water partition coefficient (Wildman–Crippen LogP) is 1.48. The minimum atomic E-state index is -0.172. The van der Waals surface area contributed by atoms with Gasteiger partial charge in [-0.3, -0.25) is 9.48 Å². The molecule has 0 aliphatic rings. The van der Waals surface area contributed by atoms with E-state index in [0.29, 0.717) is 23.6 Å². The molecule has 102 valence electrons. The van der Waals surface area contributed by atoms with E-state index in [9.17, 15) is 4.79 Å². The Morgan fingerprint density at radius 2 is 2.16 bits per heavy atom. The van der Waals surface area contributed by atoms with E-state index < -0.39 is 0 Å². The molecule has 2 N–H and O–H groups in total. The Labute approximate surface area is 111 Å². The summed E-state index contributed by atoms with van der Waals surface area (Å²) >= 11 is 0. The van der Waals surface area contributed by atoms with Crippen LogP contribution in [0.25, 0.3) is 0 Å². The van der Waals surface area contributed by atoms with Crippen molar-refractivity contribution in [1.82, 2.24) is 14.7 Å². The minimum absolute atomic E-state index is 0.172. The molecule has 0 unspecified atom stereocenters. The highest BCUT2D eigenvalue weighted by molar-refractivity contribution is 5.97. The Morgan fingerprint density at radius 3 is 2.63 bits per heavy atom. The number of amides is 1. The van der Waals surface area contributed by atoms with Gasteiger partial charge in [-0.1, -0.05) is 0 Å². The molecule has 6 nitrogen and oxygen atoms in total. The zero-order valence-electron chi connectivity index (χ0n) is 11.6. The van der Waals surface area contributed by atoms with E-state index in [1.807, 2.05) is 19.1 Å². The maximum absolute atomic E-state index is 12.4. The topological polar surface area (TPSA) is 77.3 Å². The van der Waals surface area contributed by atoms with Gasteiger partial charge < -0.3 is 15.1 Å². The Hall–Kier alpha value is -2.24. The molecule has 0 saturated carbocycles. The number of furan rings is 1. The maximum atomic E-state index is 12.4. The zero-order chi connectivity index (χ0) is 14.2. The molecule has 0 saturated heterocycles. The molecule has 0 radical (unpaired) electrons. The lowest BCUT2D eigenvalue weighted by molar-refractivity contribution is 0.0765. The first-order valence-corrected chi connectivity index (χ1v) is 6.00. The van der Waals surface area contributed by atoms with Crippen LogP contribution in [0.2, 0.25) is 0 Å². The van der Waals surface area contributed by atoms with Crippen LogP contribution in [0.15, 0.2) is 16.5 Å². The quantitative estimate of drug-likeness (QED) is 0.909. The molecule has 0 spiro atoms. The van der Waals surface area contributed by atoms with Gasteiger partial charge in [0.2, 0.25) is 0 Å². The Morgan fingerprint density at radius 1 is 1.47 bits per heavy atom. The number of anilines is 1. The van der Waals surface area contributed by atoms with Gasteiger partial charge in [0.1, 0.15) is 17.2 Å². The average molecular weight is 262 g/mol. The van der Waals surface area contributed by atoms with Gasteiger partial charge in [-0.2, -0.15) is 5.10 Å². The molecule has 2 aromatic rings. The molecule has 0 aromatic carbocycles. The molecule has 2 rings (SSSR count). The van der Waals surface area contributed by atoms with Crippen molar-refractivity contribution < 1.29 is 9.21 Å². The lowest BCUT2D eigenvalue weighted by Gasteiger charge is -2.16. The van der Waals surface area contributed by atoms with Crippen molar-refractivity contribution in [2.45, 2.75) is 20.4 Å². The van der Waals surface area contributed by atoms with Gasteiger partial charge in [-0.15, -0.1) is 0 Å². The maximum Gasteiger partial charge on any atom is 0.274 e. The number of hydrogen-bond donors (Lipinski definition) is 1. The van der Waals surface area contributed by atoms with Gasteiger partial charge in [-0.25, -0.2) is 0 Å². The third-order valence-corrected chi connectivity index (χ3v) is 3.01. The fraction of sp³-hybridized carbons (Fsp3) is 0.385. The van der Waals surface area contributed by atoms with Crippen LogP contribution in [0, 0.1) is 13.8 Å². The van der Waals surface area contributed by atoms with E-state index in [1.54, 1.807) is 25.9 Å². The van der Waals surface area contributed by atoms with Crippen LogP contribution in [0.3, 0.4) is 0 Å². The van der Waals surface area contributed by atoms with Crippen molar-refractivity contribution in [3.05, 3.63) is 35.0 Å². The first-order chi connectivity index (χ1) is 8.90. The standard InChI is InChI=1S/C13H18N4O2/c1-8-5-6-10(19-8)7-16(3)13(18)12-11(14)9(2)15-17(12)4/h5-6H,7,14H2,1-4H3. The Bertz CT molecular complexity index is 612. The lowest BCUT2D eigenvalue weighted by atomic mass is 10.2. The van der Waals surface area contributed by atoms with Crippen LogP contribution in [-0.4, -0.2) is 27.6 Å². The molecule has 19 heavy (non-hydrogen) atoms. The molecule has 0 aliphatic carbocycles. The summed E-state index contributed by atoms with van der Waals surface area (Å²) in [6.45, 7) is 4.05. The van der Waals surface area contributed by atoms with Gasteiger partial charge in [0.15, 0.2) is 0 Å². The summed E-state index contributed by atoms with van der Waals surface area (Å²) in [7, 11) is 3.42. The van der Waals surface area contributed by atoms with E-state index >= 15 is 0 Å². The van der Waals surface area contributed by atoms with Crippen molar-refractivity contribution >= 4 is 11.6 Å². The highest BCUT2D eigenvalue weighted by atomic mass is 16.3. The van der Waals surface area contributed by atoms with E-state index in [2.05, 4.69) is 5.10 Å². The van der Waals surface area contributed by atoms with Crippen LogP contribution in [-0.2, 0) is 13.6 Å². The number of nitrogens with two attached hydrogens (primary N) is 1. The number of aromatic nitrogens is 2. The van der Waals surface area contributed by atoms with Gasteiger partial charge >= 0.3 is 0 Å². The normalized spacial score (nSPS) is 10.7. The van der Waals surface area contributed by atoms with Crippen molar-refractivity contribution in [2.24, 2.45) is 7.05 Å². The second-order valence-corrected chi connectivity index (χ2v) is 4.64. The van der Waals surface area contributed by atoms with Crippen molar-refractivity contribution in [1.29, 1.82) is 0 Å². The zero-order valence-corrected chi connectivity index (χ0v) is 11.6. The molecule has 2 aromatic heterocycles. The van der Waals surface area contributed by atoms with E-state index in [4.69, 9.17) is 10.2 Å². The highest BCUT2D eigenvalue weighted by Crippen LogP contribution is 2.18. The summed E-state index contributed by atoms with van der Waals surface area (Å²) in [5.41, 5.74) is 7.38. The number of hydrogen-bond acceptors (Lipinski definition) is 4. The molecule has 0 bridgehead atoms. The summed E-state index contributed by atoms with van der Waals surface area (Å²) in [5, 5.41) is 4.15. The summed E-state index contributed by atoms with van der Waals surface area (Å²) in [6, 6.07) is 3.73.